The Morgan fingerprint density at radius 1 is 1.07 bits per heavy atom. The van der Waals surface area contributed by atoms with Crippen LogP contribution in [0, 0.1) is 0 Å². The molecule has 148 valence electrons. The van der Waals surface area contributed by atoms with E-state index < -0.39 is 23.9 Å². The number of carbonyl (C=O) groups is 3. The summed E-state index contributed by atoms with van der Waals surface area (Å²) < 4.78 is 10.1. The number of halogens is 1. The molecule has 0 aliphatic rings. The molecule has 0 saturated heterocycles. The minimum absolute atomic E-state index is 0.215. The summed E-state index contributed by atoms with van der Waals surface area (Å²) in [4.78, 5) is 36.0. The number of nitrogens with one attached hydrogen (secondary N) is 2. The van der Waals surface area contributed by atoms with Crippen molar-refractivity contribution in [2.45, 2.75) is 19.6 Å². The van der Waals surface area contributed by atoms with Gasteiger partial charge in [0, 0.05) is 17.1 Å². The van der Waals surface area contributed by atoms with Gasteiger partial charge in [-0.25, -0.2) is 0 Å². The average Bonchev–Trinajstić information content (AvgIpc) is 2.71. The lowest BCUT2D eigenvalue weighted by atomic mass is 10.2. The Morgan fingerprint density at radius 2 is 1.82 bits per heavy atom. The number of ether oxygens (including phenoxy) is 2. The lowest BCUT2D eigenvalue weighted by Gasteiger charge is -2.14. The number of amides is 2. The second-order valence-corrected chi connectivity index (χ2v) is 6.26. The molecule has 1 atom stereocenters. The molecular weight excluding hydrogens is 384 g/mol. The number of benzene rings is 2. The molecule has 0 spiro atoms. The van der Waals surface area contributed by atoms with Crippen molar-refractivity contribution in [2.75, 3.05) is 13.7 Å². The monoisotopic (exact) mass is 404 g/mol. The van der Waals surface area contributed by atoms with Crippen molar-refractivity contribution < 1.29 is 23.9 Å². The zero-order valence-corrected chi connectivity index (χ0v) is 16.3. The van der Waals surface area contributed by atoms with E-state index in [0.29, 0.717) is 16.3 Å². The largest absolute Gasteiger partial charge is 0.497 e. The summed E-state index contributed by atoms with van der Waals surface area (Å²) in [6, 6.07) is 13.6. The third-order valence-corrected chi connectivity index (χ3v) is 4.18. The molecule has 0 aromatic heterocycles. The van der Waals surface area contributed by atoms with Gasteiger partial charge in [-0.2, -0.15) is 0 Å². The Kier molecular flexibility index (Phi) is 7.83. The number of carbonyl (C=O) groups excluding carboxylic acids is 3. The van der Waals surface area contributed by atoms with Crippen molar-refractivity contribution in [2.24, 2.45) is 0 Å². The zero-order chi connectivity index (χ0) is 20.5. The highest BCUT2D eigenvalue weighted by molar-refractivity contribution is 6.31. The van der Waals surface area contributed by atoms with Crippen LogP contribution < -0.4 is 15.4 Å². The van der Waals surface area contributed by atoms with Crippen LogP contribution in [0.2, 0.25) is 5.02 Å². The van der Waals surface area contributed by atoms with E-state index >= 15 is 0 Å². The number of esters is 1. The molecule has 2 amide bonds. The quantitative estimate of drug-likeness (QED) is 0.658. The van der Waals surface area contributed by atoms with Crippen molar-refractivity contribution in [3.63, 3.8) is 0 Å². The second kappa shape index (κ2) is 10.3. The maximum absolute atomic E-state index is 12.1. The second-order valence-electron chi connectivity index (χ2n) is 5.86. The predicted octanol–water partition coefficient (Wildman–Crippen LogP) is 2.33. The van der Waals surface area contributed by atoms with E-state index in [1.807, 2.05) is 6.07 Å². The fourth-order valence-electron chi connectivity index (χ4n) is 2.28. The predicted molar refractivity (Wildman–Crippen MR) is 104 cm³/mol. The Labute approximate surface area is 168 Å². The molecule has 8 heteroatoms. The number of hydrogen-bond donors (Lipinski definition) is 2. The van der Waals surface area contributed by atoms with Gasteiger partial charge in [0.05, 0.1) is 7.11 Å². The Hall–Kier alpha value is -3.06. The lowest BCUT2D eigenvalue weighted by molar-refractivity contribution is -0.153. The first-order valence-corrected chi connectivity index (χ1v) is 8.91. The third kappa shape index (κ3) is 6.28. The third-order valence-electron chi connectivity index (χ3n) is 3.81. The number of rotatable bonds is 8. The minimum atomic E-state index is -1.01. The van der Waals surface area contributed by atoms with Crippen LogP contribution in [0.5, 0.6) is 5.75 Å². The fraction of sp³-hybridized carbons (Fsp3) is 0.250. The average molecular weight is 405 g/mol. The van der Waals surface area contributed by atoms with Gasteiger partial charge in [0.15, 0.2) is 6.10 Å². The van der Waals surface area contributed by atoms with Crippen molar-refractivity contribution >= 4 is 29.4 Å². The Balaban J connectivity index is 1.77. The summed E-state index contributed by atoms with van der Waals surface area (Å²) in [5.74, 6) is -1.12. The van der Waals surface area contributed by atoms with Crippen LogP contribution in [0.25, 0.3) is 0 Å². The summed E-state index contributed by atoms with van der Waals surface area (Å²) in [5, 5.41) is 5.62. The van der Waals surface area contributed by atoms with Crippen LogP contribution >= 0.6 is 11.6 Å². The van der Waals surface area contributed by atoms with Gasteiger partial charge in [-0.1, -0.05) is 35.9 Å². The first-order chi connectivity index (χ1) is 13.4. The summed E-state index contributed by atoms with van der Waals surface area (Å²) in [7, 11) is 1.49. The number of hydrogen-bond acceptors (Lipinski definition) is 5. The molecule has 0 heterocycles. The molecule has 7 nitrogen and oxygen atoms in total. The summed E-state index contributed by atoms with van der Waals surface area (Å²) in [6.45, 7) is 1.30. The first kappa shape index (κ1) is 21.2. The van der Waals surface area contributed by atoms with Crippen LogP contribution in [0.3, 0.4) is 0 Å². The van der Waals surface area contributed by atoms with Gasteiger partial charge in [-0.15, -0.1) is 0 Å². The molecule has 0 fully saturated rings. The molecule has 2 rings (SSSR count). The molecule has 0 saturated carbocycles. The topological polar surface area (TPSA) is 93.7 Å². The van der Waals surface area contributed by atoms with Crippen LogP contribution in [0.1, 0.15) is 22.8 Å². The van der Waals surface area contributed by atoms with E-state index in [-0.39, 0.29) is 13.1 Å². The Morgan fingerprint density at radius 3 is 2.54 bits per heavy atom. The first-order valence-electron chi connectivity index (χ1n) is 8.53. The van der Waals surface area contributed by atoms with Gasteiger partial charge >= 0.3 is 5.97 Å². The fourth-order valence-corrected chi connectivity index (χ4v) is 2.48. The van der Waals surface area contributed by atoms with Crippen LogP contribution in [0.15, 0.2) is 48.5 Å². The van der Waals surface area contributed by atoms with E-state index in [1.54, 1.807) is 42.5 Å². The van der Waals surface area contributed by atoms with E-state index in [2.05, 4.69) is 10.6 Å². The Bertz CT molecular complexity index is 856. The molecule has 2 N–H and O–H groups in total. The van der Waals surface area contributed by atoms with Crippen molar-refractivity contribution in [1.29, 1.82) is 0 Å². The summed E-state index contributed by atoms with van der Waals surface area (Å²) in [5.41, 5.74) is 1.10. The van der Waals surface area contributed by atoms with Crippen molar-refractivity contribution in [3.05, 3.63) is 64.7 Å². The molecular formula is C20H21ClN2O5. The highest BCUT2D eigenvalue weighted by Crippen LogP contribution is 2.14. The normalized spacial score (nSPS) is 11.2. The van der Waals surface area contributed by atoms with Crippen molar-refractivity contribution in [1.82, 2.24) is 10.6 Å². The molecule has 2 aromatic rings. The molecule has 0 aliphatic heterocycles. The smallest absolute Gasteiger partial charge is 0.326 e. The highest BCUT2D eigenvalue weighted by atomic mass is 35.5. The molecule has 2 aromatic carbocycles. The highest BCUT2D eigenvalue weighted by Gasteiger charge is 2.18. The molecule has 0 aliphatic carbocycles. The summed E-state index contributed by atoms with van der Waals surface area (Å²) >= 11 is 6.03. The lowest BCUT2D eigenvalue weighted by Crippen LogP contribution is -2.38. The standard InChI is InChI=1S/C20H21ClN2O5/c1-13(19(25)22-11-15-6-3-4-9-17(15)21)28-18(24)12-23-20(26)14-7-5-8-16(10-14)27-2/h3-10,13H,11-12H2,1-2H3,(H,22,25)(H,23,26). The van der Waals surface area contributed by atoms with Gasteiger partial charge in [-0.3, -0.25) is 14.4 Å². The van der Waals surface area contributed by atoms with Crippen LogP contribution in [-0.4, -0.2) is 37.5 Å². The minimum Gasteiger partial charge on any atom is -0.497 e. The van der Waals surface area contributed by atoms with Gasteiger partial charge < -0.3 is 20.1 Å². The van der Waals surface area contributed by atoms with Gasteiger partial charge in [0.25, 0.3) is 11.8 Å². The van der Waals surface area contributed by atoms with Gasteiger partial charge in [0.2, 0.25) is 0 Å². The van der Waals surface area contributed by atoms with E-state index in [9.17, 15) is 14.4 Å². The summed E-state index contributed by atoms with van der Waals surface area (Å²) in [6.07, 6.45) is -1.01. The van der Waals surface area contributed by atoms with Crippen molar-refractivity contribution in [3.8, 4) is 5.75 Å². The maximum atomic E-state index is 12.1. The van der Waals surface area contributed by atoms with Crippen LogP contribution in [0.4, 0.5) is 0 Å². The zero-order valence-electron chi connectivity index (χ0n) is 15.5. The molecule has 0 radical (unpaired) electrons. The van der Waals surface area contributed by atoms with E-state index in [1.165, 1.54) is 14.0 Å². The maximum Gasteiger partial charge on any atom is 0.326 e. The van der Waals surface area contributed by atoms with E-state index in [4.69, 9.17) is 21.1 Å². The van der Waals surface area contributed by atoms with Gasteiger partial charge in [-0.05, 0) is 36.8 Å². The van der Waals surface area contributed by atoms with Crippen LogP contribution in [-0.2, 0) is 20.9 Å². The SMILES string of the molecule is COc1cccc(C(=O)NCC(=O)OC(C)C(=O)NCc2ccccc2Cl)c1. The van der Waals surface area contributed by atoms with E-state index in [0.717, 1.165) is 5.56 Å². The molecule has 28 heavy (non-hydrogen) atoms. The number of methoxy groups -OCH3 is 1. The van der Waals surface area contributed by atoms with Gasteiger partial charge in [0.1, 0.15) is 12.3 Å². The molecule has 0 bridgehead atoms. The molecule has 1 unspecified atom stereocenters.